The molecule has 27 heavy (non-hydrogen) atoms. The van der Waals surface area contributed by atoms with Crippen molar-refractivity contribution in [1.29, 1.82) is 0 Å². The number of ether oxygens (including phenoxy) is 1. The molecule has 0 bridgehead atoms. The van der Waals surface area contributed by atoms with E-state index in [2.05, 4.69) is 10.3 Å². The standard InChI is InChI=1S/C18H22ClN3O4S/c1-12(2)26-17-8-5-13(10-20-17)11-21-18(23)14-6-7-15(19)16(9-14)27(24,25)22(3)4/h5-10,12H,11H2,1-4H3,(H,21,23). The highest BCUT2D eigenvalue weighted by atomic mass is 35.5. The minimum absolute atomic E-state index is 0.0283. The lowest BCUT2D eigenvalue weighted by atomic mass is 10.2. The molecule has 1 heterocycles. The van der Waals surface area contributed by atoms with Gasteiger partial charge in [-0.3, -0.25) is 4.79 Å². The van der Waals surface area contributed by atoms with Crippen LogP contribution in [0.4, 0.5) is 0 Å². The van der Waals surface area contributed by atoms with E-state index < -0.39 is 15.9 Å². The van der Waals surface area contributed by atoms with Gasteiger partial charge in [-0.1, -0.05) is 17.7 Å². The molecule has 0 aliphatic heterocycles. The maximum Gasteiger partial charge on any atom is 0.251 e. The van der Waals surface area contributed by atoms with Gasteiger partial charge in [0.05, 0.1) is 11.1 Å². The van der Waals surface area contributed by atoms with Crippen LogP contribution in [-0.4, -0.2) is 43.8 Å². The number of carbonyl (C=O) groups is 1. The molecule has 0 aliphatic carbocycles. The van der Waals surface area contributed by atoms with Crippen molar-refractivity contribution < 1.29 is 17.9 Å². The van der Waals surface area contributed by atoms with Crippen molar-refractivity contribution >= 4 is 27.5 Å². The van der Waals surface area contributed by atoms with E-state index in [4.69, 9.17) is 16.3 Å². The van der Waals surface area contributed by atoms with Gasteiger partial charge in [-0.05, 0) is 37.6 Å². The molecule has 1 N–H and O–H groups in total. The van der Waals surface area contributed by atoms with Gasteiger partial charge >= 0.3 is 0 Å². The van der Waals surface area contributed by atoms with E-state index in [-0.39, 0.29) is 28.1 Å². The molecule has 0 spiro atoms. The second-order valence-electron chi connectivity index (χ2n) is 6.29. The molecule has 2 rings (SSSR count). The van der Waals surface area contributed by atoms with Crippen molar-refractivity contribution in [1.82, 2.24) is 14.6 Å². The first-order valence-corrected chi connectivity index (χ1v) is 10.0. The van der Waals surface area contributed by atoms with Crippen LogP contribution in [0.1, 0.15) is 29.8 Å². The molecule has 9 heteroatoms. The van der Waals surface area contributed by atoms with Crippen LogP contribution >= 0.6 is 11.6 Å². The topological polar surface area (TPSA) is 88.6 Å². The van der Waals surface area contributed by atoms with Gasteiger partial charge in [0.1, 0.15) is 4.90 Å². The van der Waals surface area contributed by atoms with Crippen molar-refractivity contribution in [2.75, 3.05) is 14.1 Å². The van der Waals surface area contributed by atoms with Crippen LogP contribution in [0.25, 0.3) is 0 Å². The van der Waals surface area contributed by atoms with Gasteiger partial charge in [-0.25, -0.2) is 17.7 Å². The summed E-state index contributed by atoms with van der Waals surface area (Å²) in [6.45, 7) is 4.06. The molecular weight excluding hydrogens is 390 g/mol. The van der Waals surface area contributed by atoms with E-state index >= 15 is 0 Å². The highest BCUT2D eigenvalue weighted by Gasteiger charge is 2.22. The fourth-order valence-electron chi connectivity index (χ4n) is 2.15. The molecule has 7 nitrogen and oxygen atoms in total. The Labute approximate surface area is 164 Å². The van der Waals surface area contributed by atoms with E-state index in [0.29, 0.717) is 5.88 Å². The third-order valence-corrected chi connectivity index (χ3v) is 5.86. The molecule has 0 aliphatic rings. The summed E-state index contributed by atoms with van der Waals surface area (Å²) in [6, 6.07) is 7.67. The van der Waals surface area contributed by atoms with Gasteiger partial charge in [-0.15, -0.1) is 0 Å². The highest BCUT2D eigenvalue weighted by molar-refractivity contribution is 7.89. The van der Waals surface area contributed by atoms with Crippen molar-refractivity contribution in [2.45, 2.75) is 31.4 Å². The number of hydrogen-bond acceptors (Lipinski definition) is 5. The fraction of sp³-hybridized carbons (Fsp3) is 0.333. The highest BCUT2D eigenvalue weighted by Crippen LogP contribution is 2.24. The quantitative estimate of drug-likeness (QED) is 0.756. The van der Waals surface area contributed by atoms with E-state index in [1.165, 1.54) is 32.3 Å². The van der Waals surface area contributed by atoms with Gasteiger partial charge in [0, 0.05) is 38.5 Å². The zero-order valence-corrected chi connectivity index (χ0v) is 17.1. The number of amides is 1. The number of carbonyl (C=O) groups excluding carboxylic acids is 1. The number of rotatable bonds is 7. The Hall–Kier alpha value is -2.16. The number of nitrogens with zero attached hydrogens (tertiary/aromatic N) is 2. The maximum atomic E-state index is 12.4. The zero-order chi connectivity index (χ0) is 20.2. The summed E-state index contributed by atoms with van der Waals surface area (Å²) in [5.74, 6) is 0.0979. The Morgan fingerprint density at radius 2 is 1.96 bits per heavy atom. The molecule has 0 radical (unpaired) electrons. The molecule has 1 aromatic heterocycles. The normalized spacial score (nSPS) is 11.7. The van der Waals surface area contributed by atoms with Gasteiger partial charge in [-0.2, -0.15) is 0 Å². The van der Waals surface area contributed by atoms with E-state index in [9.17, 15) is 13.2 Å². The van der Waals surface area contributed by atoms with Crippen LogP contribution in [0, 0.1) is 0 Å². The summed E-state index contributed by atoms with van der Waals surface area (Å²) in [6.07, 6.45) is 1.64. The number of halogens is 1. The average molecular weight is 412 g/mol. The SMILES string of the molecule is CC(C)Oc1ccc(CNC(=O)c2ccc(Cl)c(S(=O)(=O)N(C)C)c2)cn1. The summed E-state index contributed by atoms with van der Waals surface area (Å²) in [7, 11) is -0.946. The van der Waals surface area contributed by atoms with Crippen molar-refractivity contribution in [3.63, 3.8) is 0 Å². The monoisotopic (exact) mass is 411 g/mol. The van der Waals surface area contributed by atoms with Crippen molar-refractivity contribution in [2.24, 2.45) is 0 Å². The molecule has 0 unspecified atom stereocenters. The summed E-state index contributed by atoms with van der Waals surface area (Å²) in [4.78, 5) is 16.4. The minimum atomic E-state index is -3.75. The second kappa shape index (κ2) is 8.69. The van der Waals surface area contributed by atoms with E-state index in [1.807, 2.05) is 13.8 Å². The maximum absolute atomic E-state index is 12.4. The van der Waals surface area contributed by atoms with Gasteiger partial charge in [0.2, 0.25) is 15.9 Å². The summed E-state index contributed by atoms with van der Waals surface area (Å²) in [5, 5.41) is 2.79. The summed E-state index contributed by atoms with van der Waals surface area (Å²) >= 11 is 6.00. The Morgan fingerprint density at radius 3 is 2.52 bits per heavy atom. The van der Waals surface area contributed by atoms with E-state index in [1.54, 1.807) is 18.3 Å². The van der Waals surface area contributed by atoms with Crippen LogP contribution in [-0.2, 0) is 16.6 Å². The predicted molar refractivity (Wildman–Crippen MR) is 103 cm³/mol. The van der Waals surface area contributed by atoms with Crippen LogP contribution in [0.2, 0.25) is 5.02 Å². The number of hydrogen-bond donors (Lipinski definition) is 1. The number of pyridine rings is 1. The second-order valence-corrected chi connectivity index (χ2v) is 8.81. The fourth-order valence-corrected chi connectivity index (χ4v) is 3.54. The number of benzene rings is 1. The largest absolute Gasteiger partial charge is 0.475 e. The van der Waals surface area contributed by atoms with Crippen LogP contribution in [0.3, 0.4) is 0 Å². The average Bonchev–Trinajstić information content (AvgIpc) is 2.60. The number of nitrogens with one attached hydrogen (secondary N) is 1. The molecule has 0 saturated carbocycles. The molecular formula is C18H22ClN3O4S. The summed E-state index contributed by atoms with van der Waals surface area (Å²) in [5.41, 5.74) is 0.988. The van der Waals surface area contributed by atoms with E-state index in [0.717, 1.165) is 9.87 Å². The van der Waals surface area contributed by atoms with Crippen LogP contribution < -0.4 is 10.1 Å². The first-order valence-electron chi connectivity index (χ1n) is 8.23. The van der Waals surface area contributed by atoms with Crippen LogP contribution in [0.15, 0.2) is 41.4 Å². The third kappa shape index (κ3) is 5.41. The minimum Gasteiger partial charge on any atom is -0.475 e. The molecule has 0 atom stereocenters. The molecule has 0 fully saturated rings. The smallest absolute Gasteiger partial charge is 0.251 e. The Bertz CT molecular complexity index is 913. The Morgan fingerprint density at radius 1 is 1.26 bits per heavy atom. The Kier molecular flexibility index (Phi) is 6.80. The summed E-state index contributed by atoms with van der Waals surface area (Å²) < 4.78 is 31.1. The number of aromatic nitrogens is 1. The van der Waals surface area contributed by atoms with Gasteiger partial charge in [0.15, 0.2) is 0 Å². The molecule has 2 aromatic rings. The van der Waals surface area contributed by atoms with Crippen molar-refractivity contribution in [3.8, 4) is 5.88 Å². The predicted octanol–water partition coefficient (Wildman–Crippen LogP) is 2.70. The number of sulfonamides is 1. The zero-order valence-electron chi connectivity index (χ0n) is 15.6. The third-order valence-electron chi connectivity index (χ3n) is 3.56. The lowest BCUT2D eigenvalue weighted by molar-refractivity contribution is 0.0950. The van der Waals surface area contributed by atoms with Crippen LogP contribution in [0.5, 0.6) is 5.88 Å². The lowest BCUT2D eigenvalue weighted by Crippen LogP contribution is -2.25. The molecule has 1 amide bonds. The Balaban J connectivity index is 2.10. The molecule has 146 valence electrons. The van der Waals surface area contributed by atoms with Crippen molar-refractivity contribution in [3.05, 3.63) is 52.7 Å². The first-order chi connectivity index (χ1) is 12.6. The molecule has 1 aromatic carbocycles. The first kappa shape index (κ1) is 21.1. The van der Waals surface area contributed by atoms with Gasteiger partial charge in [0.25, 0.3) is 5.91 Å². The lowest BCUT2D eigenvalue weighted by Gasteiger charge is -2.14. The van der Waals surface area contributed by atoms with Gasteiger partial charge < -0.3 is 10.1 Å². The molecule has 0 saturated heterocycles.